The molecular formula is C50H28Cl4. The summed E-state index contributed by atoms with van der Waals surface area (Å²) in [5, 5.41) is 3.06. The van der Waals surface area contributed by atoms with Crippen LogP contribution in [0.15, 0.2) is 170 Å². The molecule has 0 heterocycles. The highest BCUT2D eigenvalue weighted by Crippen LogP contribution is 2.65. The van der Waals surface area contributed by atoms with Gasteiger partial charge in [0.25, 0.3) is 0 Å². The molecule has 8 aromatic rings. The molecule has 0 bridgehead atoms. The van der Waals surface area contributed by atoms with Gasteiger partial charge in [0.05, 0.1) is 10.8 Å². The fourth-order valence-corrected chi connectivity index (χ4v) is 11.0. The minimum atomic E-state index is -0.416. The predicted molar refractivity (Wildman–Crippen MR) is 226 cm³/mol. The SMILES string of the molecule is Clc1ccc2c(c1)-c1ccc(Cl)cc1C21c2ccccc2-c2ccccc21.Clc1ccc2c(c1)C1(c3ccccc3-c3ccccc31)c1c(Cl)cccc1-2. The van der Waals surface area contributed by atoms with E-state index in [0.29, 0.717) is 0 Å². The van der Waals surface area contributed by atoms with Crippen LogP contribution in [0.2, 0.25) is 20.1 Å². The summed E-state index contributed by atoms with van der Waals surface area (Å²) in [6.45, 7) is 0. The highest BCUT2D eigenvalue weighted by molar-refractivity contribution is 6.33. The maximum atomic E-state index is 6.87. The first kappa shape index (κ1) is 32.4. The number of halogens is 4. The van der Waals surface area contributed by atoms with Gasteiger partial charge in [0.15, 0.2) is 0 Å². The molecule has 8 aromatic carbocycles. The maximum absolute atomic E-state index is 6.87. The first-order chi connectivity index (χ1) is 26.4. The van der Waals surface area contributed by atoms with Gasteiger partial charge >= 0.3 is 0 Å². The van der Waals surface area contributed by atoms with E-state index < -0.39 is 5.41 Å². The quantitative estimate of drug-likeness (QED) is 0.144. The maximum Gasteiger partial charge on any atom is 0.0740 e. The first-order valence-electron chi connectivity index (χ1n) is 18.0. The third-order valence-corrected chi connectivity index (χ3v) is 13.1. The van der Waals surface area contributed by atoms with E-state index in [0.717, 1.165) is 20.1 Å². The third-order valence-electron chi connectivity index (χ3n) is 12.0. The van der Waals surface area contributed by atoms with Crippen LogP contribution in [0.5, 0.6) is 0 Å². The molecule has 54 heavy (non-hydrogen) atoms. The molecule has 0 aromatic heterocycles. The molecule has 12 rings (SSSR count). The van der Waals surface area contributed by atoms with Gasteiger partial charge in [0.1, 0.15) is 0 Å². The van der Waals surface area contributed by atoms with Crippen LogP contribution in [-0.2, 0) is 10.8 Å². The molecule has 0 atom stereocenters. The van der Waals surface area contributed by atoms with Crippen molar-refractivity contribution in [3.63, 3.8) is 0 Å². The summed E-state index contributed by atoms with van der Waals surface area (Å²) in [6.07, 6.45) is 0. The third kappa shape index (κ3) is 4.07. The lowest BCUT2D eigenvalue weighted by molar-refractivity contribution is 0.794. The second kappa shape index (κ2) is 11.7. The molecule has 4 aliphatic carbocycles. The van der Waals surface area contributed by atoms with Gasteiger partial charge in [-0.15, -0.1) is 0 Å². The van der Waals surface area contributed by atoms with Crippen molar-refractivity contribution >= 4 is 46.4 Å². The average Bonchev–Trinajstić information content (AvgIpc) is 3.87. The second-order valence-electron chi connectivity index (χ2n) is 14.4. The lowest BCUT2D eigenvalue weighted by atomic mass is 9.70. The molecule has 0 aliphatic heterocycles. The minimum Gasteiger partial charge on any atom is -0.0843 e. The van der Waals surface area contributed by atoms with Crippen LogP contribution in [-0.4, -0.2) is 0 Å². The van der Waals surface area contributed by atoms with Crippen molar-refractivity contribution < 1.29 is 0 Å². The summed E-state index contributed by atoms with van der Waals surface area (Å²) in [6, 6.07) is 59.7. The number of benzene rings is 8. The van der Waals surface area contributed by atoms with Crippen LogP contribution in [0.4, 0.5) is 0 Å². The Bertz CT molecular complexity index is 2800. The molecule has 2 spiro atoms. The summed E-state index contributed by atoms with van der Waals surface area (Å²) >= 11 is 26.2. The van der Waals surface area contributed by atoms with Crippen LogP contribution in [0.1, 0.15) is 44.5 Å². The average molecular weight is 771 g/mol. The Morgan fingerprint density at radius 3 is 1.17 bits per heavy atom. The second-order valence-corrected chi connectivity index (χ2v) is 16.1. The topological polar surface area (TPSA) is 0 Å². The minimum absolute atomic E-state index is 0.340. The van der Waals surface area contributed by atoms with Crippen molar-refractivity contribution in [1.29, 1.82) is 0 Å². The van der Waals surface area contributed by atoms with Gasteiger partial charge in [0.2, 0.25) is 0 Å². The summed E-state index contributed by atoms with van der Waals surface area (Å²) in [7, 11) is 0. The normalized spacial score (nSPS) is 14.6. The van der Waals surface area contributed by atoms with Crippen molar-refractivity contribution in [3.05, 3.63) is 234 Å². The number of hydrogen-bond donors (Lipinski definition) is 0. The summed E-state index contributed by atoms with van der Waals surface area (Å²) in [5.74, 6) is 0. The van der Waals surface area contributed by atoms with Crippen molar-refractivity contribution in [2.24, 2.45) is 0 Å². The fourth-order valence-electron chi connectivity index (χ4n) is 10.2. The molecule has 4 aliphatic rings. The molecule has 0 fully saturated rings. The van der Waals surface area contributed by atoms with Gasteiger partial charge in [-0.2, -0.15) is 0 Å². The number of rotatable bonds is 0. The Kier molecular flexibility index (Phi) is 7.02. The Hall–Kier alpha value is -5.08. The number of hydrogen-bond acceptors (Lipinski definition) is 0. The van der Waals surface area contributed by atoms with E-state index in [1.807, 2.05) is 30.3 Å². The molecule has 0 saturated carbocycles. The zero-order chi connectivity index (χ0) is 36.3. The summed E-state index contributed by atoms with van der Waals surface area (Å²) in [4.78, 5) is 0. The molecule has 0 radical (unpaired) electrons. The van der Waals surface area contributed by atoms with Gasteiger partial charge < -0.3 is 0 Å². The van der Waals surface area contributed by atoms with Gasteiger partial charge in [-0.1, -0.05) is 174 Å². The highest BCUT2D eigenvalue weighted by atomic mass is 35.5. The molecular weight excluding hydrogens is 742 g/mol. The molecule has 0 N–H and O–H groups in total. The van der Waals surface area contributed by atoms with Crippen molar-refractivity contribution in [3.8, 4) is 44.5 Å². The Balaban J connectivity index is 0.000000126. The van der Waals surface area contributed by atoms with Crippen LogP contribution in [0.25, 0.3) is 44.5 Å². The van der Waals surface area contributed by atoms with Gasteiger partial charge in [-0.25, -0.2) is 0 Å². The molecule has 4 heteroatoms. The molecule has 0 amide bonds. The van der Waals surface area contributed by atoms with E-state index in [4.69, 9.17) is 46.4 Å². The lowest BCUT2D eigenvalue weighted by Crippen LogP contribution is -2.26. The zero-order valence-corrected chi connectivity index (χ0v) is 31.7. The van der Waals surface area contributed by atoms with E-state index in [-0.39, 0.29) is 5.41 Å². The monoisotopic (exact) mass is 768 g/mol. The van der Waals surface area contributed by atoms with Crippen molar-refractivity contribution in [2.75, 3.05) is 0 Å². The number of fused-ring (bicyclic) bond motifs is 20. The van der Waals surface area contributed by atoms with E-state index in [9.17, 15) is 0 Å². The van der Waals surface area contributed by atoms with Gasteiger partial charge in [0, 0.05) is 20.1 Å². The zero-order valence-electron chi connectivity index (χ0n) is 28.7. The van der Waals surface area contributed by atoms with Gasteiger partial charge in [-0.3, -0.25) is 0 Å². The van der Waals surface area contributed by atoms with E-state index in [1.165, 1.54) is 89.0 Å². The highest BCUT2D eigenvalue weighted by Gasteiger charge is 2.53. The molecule has 0 nitrogen and oxygen atoms in total. The van der Waals surface area contributed by atoms with Crippen molar-refractivity contribution in [2.45, 2.75) is 10.8 Å². The standard InChI is InChI=1S/2C25H14Cl2/c26-15-12-13-18-19-8-5-11-23(27)24(19)25(22(18)14-15)20-9-3-1-6-16(20)17-7-2-4-10-21(17)25;26-15-10-12-23-20(13-15)19-11-9-16(27)14-24(19)25(23)21-7-3-1-5-17(21)18-6-2-4-8-22(18)25/h2*1-14H. The van der Waals surface area contributed by atoms with E-state index in [1.54, 1.807) is 0 Å². The predicted octanol–water partition coefficient (Wildman–Crippen LogP) is 14.7. The lowest BCUT2D eigenvalue weighted by Gasteiger charge is -2.31. The van der Waals surface area contributed by atoms with E-state index in [2.05, 4.69) is 140 Å². The summed E-state index contributed by atoms with van der Waals surface area (Å²) < 4.78 is 0. The Labute approximate surface area is 334 Å². The Morgan fingerprint density at radius 2 is 0.630 bits per heavy atom. The summed E-state index contributed by atoms with van der Waals surface area (Å²) in [5.41, 5.74) is 19.3. The largest absolute Gasteiger partial charge is 0.0843 e. The van der Waals surface area contributed by atoms with Crippen LogP contribution < -0.4 is 0 Å². The van der Waals surface area contributed by atoms with Crippen LogP contribution in [0.3, 0.4) is 0 Å². The molecule has 0 unspecified atom stereocenters. The van der Waals surface area contributed by atoms with Crippen LogP contribution >= 0.6 is 46.4 Å². The smallest absolute Gasteiger partial charge is 0.0740 e. The Morgan fingerprint density at radius 1 is 0.259 bits per heavy atom. The molecule has 0 saturated heterocycles. The van der Waals surface area contributed by atoms with Crippen molar-refractivity contribution in [1.82, 2.24) is 0 Å². The first-order valence-corrected chi connectivity index (χ1v) is 19.5. The molecule has 256 valence electrons. The van der Waals surface area contributed by atoms with Crippen LogP contribution in [0, 0.1) is 0 Å². The fraction of sp³-hybridized carbons (Fsp3) is 0.0400. The van der Waals surface area contributed by atoms with Gasteiger partial charge in [-0.05, 0) is 131 Å². The van der Waals surface area contributed by atoms with E-state index >= 15 is 0 Å².